The SMILES string of the molecule is O=C(O)CSCC(=O)NCC1CCSC1. The van der Waals surface area contributed by atoms with Crippen LogP contribution in [0.1, 0.15) is 6.42 Å². The molecule has 0 aromatic rings. The first-order chi connectivity index (χ1) is 7.18. The van der Waals surface area contributed by atoms with Gasteiger partial charge in [-0.1, -0.05) is 0 Å². The largest absolute Gasteiger partial charge is 0.481 e. The normalized spacial score (nSPS) is 20.1. The molecule has 1 fully saturated rings. The van der Waals surface area contributed by atoms with Crippen LogP contribution in [-0.2, 0) is 9.59 Å². The van der Waals surface area contributed by atoms with Gasteiger partial charge >= 0.3 is 5.97 Å². The number of nitrogens with one attached hydrogen (secondary N) is 1. The molecule has 1 rings (SSSR count). The predicted molar refractivity (Wildman–Crippen MR) is 63.4 cm³/mol. The third-order valence-corrected chi connectivity index (χ3v) is 4.22. The zero-order chi connectivity index (χ0) is 11.1. The van der Waals surface area contributed by atoms with Gasteiger partial charge in [-0.05, 0) is 23.8 Å². The molecule has 0 aromatic carbocycles. The Morgan fingerprint density at radius 3 is 2.87 bits per heavy atom. The van der Waals surface area contributed by atoms with Gasteiger partial charge in [-0.15, -0.1) is 11.8 Å². The number of thioether (sulfide) groups is 2. The highest BCUT2D eigenvalue weighted by molar-refractivity contribution is 8.00. The van der Waals surface area contributed by atoms with E-state index in [0.717, 1.165) is 24.1 Å². The third kappa shape index (κ3) is 5.94. The van der Waals surface area contributed by atoms with E-state index in [4.69, 9.17) is 5.11 Å². The Kier molecular flexibility index (Phi) is 5.93. The first-order valence-corrected chi connectivity index (χ1v) is 7.13. The number of aliphatic carboxylic acids is 1. The van der Waals surface area contributed by atoms with Crippen molar-refractivity contribution in [2.45, 2.75) is 6.42 Å². The van der Waals surface area contributed by atoms with Crippen molar-refractivity contribution in [1.82, 2.24) is 5.32 Å². The maximum Gasteiger partial charge on any atom is 0.313 e. The van der Waals surface area contributed by atoms with Crippen LogP contribution in [0.5, 0.6) is 0 Å². The molecule has 1 aliphatic rings. The summed E-state index contributed by atoms with van der Waals surface area (Å²) in [5.41, 5.74) is 0. The van der Waals surface area contributed by atoms with Gasteiger partial charge in [-0.3, -0.25) is 9.59 Å². The first kappa shape index (κ1) is 12.7. The lowest BCUT2D eigenvalue weighted by Crippen LogP contribution is -2.30. The van der Waals surface area contributed by atoms with Gasteiger partial charge in [0.15, 0.2) is 0 Å². The predicted octanol–water partition coefficient (Wildman–Crippen LogP) is 0.673. The quantitative estimate of drug-likeness (QED) is 0.724. The lowest BCUT2D eigenvalue weighted by molar-refractivity contribution is -0.133. The molecule has 2 N–H and O–H groups in total. The summed E-state index contributed by atoms with van der Waals surface area (Å²) in [5, 5.41) is 11.2. The second kappa shape index (κ2) is 7.00. The van der Waals surface area contributed by atoms with Gasteiger partial charge in [0.1, 0.15) is 0 Å². The van der Waals surface area contributed by atoms with E-state index < -0.39 is 5.97 Å². The van der Waals surface area contributed by atoms with Crippen LogP contribution in [-0.4, -0.2) is 46.5 Å². The summed E-state index contributed by atoms with van der Waals surface area (Å²) < 4.78 is 0. The van der Waals surface area contributed by atoms with Crippen molar-refractivity contribution in [3.05, 3.63) is 0 Å². The summed E-state index contributed by atoms with van der Waals surface area (Å²) in [6.45, 7) is 0.736. The molecule has 0 spiro atoms. The van der Waals surface area contributed by atoms with E-state index in [1.165, 1.54) is 12.2 Å². The van der Waals surface area contributed by atoms with Crippen LogP contribution >= 0.6 is 23.5 Å². The van der Waals surface area contributed by atoms with Crippen LogP contribution in [0, 0.1) is 5.92 Å². The molecule has 1 atom stereocenters. The minimum atomic E-state index is -0.875. The molecule has 0 saturated carbocycles. The van der Waals surface area contributed by atoms with Crippen molar-refractivity contribution in [3.8, 4) is 0 Å². The van der Waals surface area contributed by atoms with Crippen molar-refractivity contribution in [3.63, 3.8) is 0 Å². The summed E-state index contributed by atoms with van der Waals surface area (Å²) in [5.74, 6) is 2.22. The highest BCUT2D eigenvalue weighted by Crippen LogP contribution is 2.22. The van der Waals surface area contributed by atoms with Crippen molar-refractivity contribution in [1.29, 1.82) is 0 Å². The lowest BCUT2D eigenvalue weighted by atomic mass is 10.1. The summed E-state index contributed by atoms with van der Waals surface area (Å²) in [7, 11) is 0. The number of carboxylic acids is 1. The molecular weight excluding hydrogens is 234 g/mol. The van der Waals surface area contributed by atoms with Crippen molar-refractivity contribution >= 4 is 35.4 Å². The Labute approximate surface area is 97.6 Å². The van der Waals surface area contributed by atoms with E-state index in [1.807, 2.05) is 11.8 Å². The van der Waals surface area contributed by atoms with Gasteiger partial charge in [0.2, 0.25) is 5.91 Å². The van der Waals surface area contributed by atoms with E-state index in [1.54, 1.807) is 0 Å². The number of carbonyl (C=O) groups excluding carboxylic acids is 1. The van der Waals surface area contributed by atoms with Gasteiger partial charge < -0.3 is 10.4 Å². The van der Waals surface area contributed by atoms with Crippen LogP contribution < -0.4 is 5.32 Å². The Bertz CT molecular complexity index is 229. The van der Waals surface area contributed by atoms with Crippen molar-refractivity contribution in [2.75, 3.05) is 29.6 Å². The first-order valence-electron chi connectivity index (χ1n) is 4.82. The second-order valence-electron chi connectivity index (χ2n) is 3.42. The molecule has 6 heteroatoms. The van der Waals surface area contributed by atoms with Crippen LogP contribution in [0.15, 0.2) is 0 Å². The highest BCUT2D eigenvalue weighted by Gasteiger charge is 2.15. The molecular formula is C9H15NO3S2. The van der Waals surface area contributed by atoms with E-state index in [2.05, 4.69) is 5.32 Å². The summed E-state index contributed by atoms with van der Waals surface area (Å²) in [6.07, 6.45) is 1.17. The molecule has 0 radical (unpaired) electrons. The topological polar surface area (TPSA) is 66.4 Å². The van der Waals surface area contributed by atoms with Crippen LogP contribution in [0.25, 0.3) is 0 Å². The maximum atomic E-state index is 11.2. The van der Waals surface area contributed by atoms with Crippen molar-refractivity contribution < 1.29 is 14.7 Å². The molecule has 1 aliphatic heterocycles. The van der Waals surface area contributed by atoms with Crippen LogP contribution in [0.4, 0.5) is 0 Å². The van der Waals surface area contributed by atoms with Gasteiger partial charge in [0.25, 0.3) is 0 Å². The van der Waals surface area contributed by atoms with E-state index in [-0.39, 0.29) is 17.4 Å². The maximum absolute atomic E-state index is 11.2. The minimum absolute atomic E-state index is 0.00724. The zero-order valence-corrected chi connectivity index (χ0v) is 10.0. The lowest BCUT2D eigenvalue weighted by Gasteiger charge is -2.09. The van der Waals surface area contributed by atoms with Gasteiger partial charge in [0.05, 0.1) is 11.5 Å². The summed E-state index contributed by atoms with van der Waals surface area (Å²) in [6, 6.07) is 0. The van der Waals surface area contributed by atoms with E-state index in [0.29, 0.717) is 5.92 Å². The van der Waals surface area contributed by atoms with Crippen LogP contribution in [0.3, 0.4) is 0 Å². The molecule has 0 aliphatic carbocycles. The molecule has 86 valence electrons. The van der Waals surface area contributed by atoms with E-state index >= 15 is 0 Å². The number of rotatable bonds is 6. The van der Waals surface area contributed by atoms with Gasteiger partial charge in [-0.25, -0.2) is 0 Å². The fourth-order valence-corrected chi connectivity index (χ4v) is 3.13. The fraction of sp³-hybridized carbons (Fsp3) is 0.778. The molecule has 1 heterocycles. The molecule has 4 nitrogen and oxygen atoms in total. The average molecular weight is 249 g/mol. The monoisotopic (exact) mass is 249 g/mol. The number of amides is 1. The molecule has 15 heavy (non-hydrogen) atoms. The van der Waals surface area contributed by atoms with Crippen molar-refractivity contribution in [2.24, 2.45) is 5.92 Å². The smallest absolute Gasteiger partial charge is 0.313 e. The minimum Gasteiger partial charge on any atom is -0.481 e. The second-order valence-corrected chi connectivity index (χ2v) is 5.56. The molecule has 0 bridgehead atoms. The zero-order valence-electron chi connectivity index (χ0n) is 8.40. The van der Waals surface area contributed by atoms with Gasteiger partial charge in [0, 0.05) is 6.54 Å². The highest BCUT2D eigenvalue weighted by atomic mass is 32.2. The Morgan fingerprint density at radius 1 is 1.47 bits per heavy atom. The standard InChI is InChI=1S/C9H15NO3S2/c11-8(5-15-6-9(12)13)10-3-7-1-2-14-4-7/h7H,1-6H2,(H,10,11)(H,12,13). The Hall–Kier alpha value is -0.360. The fourth-order valence-electron chi connectivity index (χ4n) is 1.28. The van der Waals surface area contributed by atoms with Gasteiger partial charge in [-0.2, -0.15) is 11.8 Å². The average Bonchev–Trinajstić information content (AvgIpc) is 2.66. The summed E-state index contributed by atoms with van der Waals surface area (Å²) in [4.78, 5) is 21.4. The molecule has 1 saturated heterocycles. The number of hydrogen-bond acceptors (Lipinski definition) is 4. The number of hydrogen-bond donors (Lipinski definition) is 2. The summed E-state index contributed by atoms with van der Waals surface area (Å²) >= 11 is 3.06. The van der Waals surface area contributed by atoms with Crippen LogP contribution in [0.2, 0.25) is 0 Å². The Morgan fingerprint density at radius 2 is 2.27 bits per heavy atom. The molecule has 0 aromatic heterocycles. The Balaban J connectivity index is 2.00. The molecule has 1 amide bonds. The van der Waals surface area contributed by atoms with E-state index in [9.17, 15) is 9.59 Å². The number of carbonyl (C=O) groups is 2. The number of carboxylic acid groups (broad SMARTS) is 1. The third-order valence-electron chi connectivity index (χ3n) is 2.07. The molecule has 1 unspecified atom stereocenters.